The third kappa shape index (κ3) is 23.2. The van der Waals surface area contributed by atoms with Gasteiger partial charge in [-0.05, 0) is 17.2 Å². The van der Waals surface area contributed by atoms with Crippen LogP contribution in [0.5, 0.6) is 0 Å². The second kappa shape index (κ2) is 21.2. The summed E-state index contributed by atoms with van der Waals surface area (Å²) >= 11 is 1.71. The van der Waals surface area contributed by atoms with E-state index in [-0.39, 0.29) is 0 Å². The quantitative estimate of drug-likeness (QED) is 0.299. The average Bonchev–Trinajstić information content (AvgIpc) is 3.18. The summed E-state index contributed by atoms with van der Waals surface area (Å²) in [5.41, 5.74) is 0. The van der Waals surface area contributed by atoms with Crippen molar-refractivity contribution in [3.05, 3.63) is 22.9 Å². The fourth-order valence-electron chi connectivity index (χ4n) is 2.87. The molecule has 0 aromatic carbocycles. The molecule has 0 saturated heterocycles. The third-order valence-electron chi connectivity index (χ3n) is 4.42. The van der Waals surface area contributed by atoms with Crippen molar-refractivity contribution >= 4 is 17.3 Å². The minimum Gasteiger partial charge on any atom is -0.481 e. The van der Waals surface area contributed by atoms with E-state index >= 15 is 0 Å². The van der Waals surface area contributed by atoms with Crippen molar-refractivity contribution in [3.63, 3.8) is 0 Å². The van der Waals surface area contributed by atoms with E-state index in [1.807, 2.05) is 22.9 Å². The van der Waals surface area contributed by atoms with E-state index in [2.05, 4.69) is 6.92 Å². The van der Waals surface area contributed by atoms with Gasteiger partial charge in [0.05, 0.1) is 0 Å². The molecule has 25 heavy (non-hydrogen) atoms. The second-order valence-electron chi connectivity index (χ2n) is 6.89. The predicted octanol–water partition coefficient (Wildman–Crippen LogP) is 8.08. The van der Waals surface area contributed by atoms with Crippen LogP contribution in [0.3, 0.4) is 0 Å². The van der Waals surface area contributed by atoms with Crippen LogP contribution < -0.4 is 0 Å². The van der Waals surface area contributed by atoms with Crippen LogP contribution in [0.25, 0.3) is 0 Å². The van der Waals surface area contributed by atoms with Crippen molar-refractivity contribution in [3.8, 4) is 0 Å². The van der Waals surface area contributed by atoms with Crippen molar-refractivity contribution in [1.29, 1.82) is 0 Å². The van der Waals surface area contributed by atoms with Gasteiger partial charge in [-0.15, -0.1) is 0 Å². The van der Waals surface area contributed by atoms with Crippen LogP contribution in [0.1, 0.15) is 110 Å². The van der Waals surface area contributed by atoms with E-state index in [0.29, 0.717) is 6.42 Å². The molecule has 1 N–H and O–H groups in total. The molecule has 0 aliphatic carbocycles. The summed E-state index contributed by atoms with van der Waals surface area (Å²) in [7, 11) is 0. The highest BCUT2D eigenvalue weighted by Crippen LogP contribution is 2.13. The molecule has 0 fully saturated rings. The Labute approximate surface area is 160 Å². The van der Waals surface area contributed by atoms with Gasteiger partial charge in [-0.25, -0.2) is 0 Å². The molecule has 0 aliphatic rings. The van der Waals surface area contributed by atoms with Gasteiger partial charge in [0.2, 0.25) is 0 Å². The van der Waals surface area contributed by atoms with E-state index in [1.165, 1.54) is 83.5 Å². The molecule has 1 heterocycles. The standard InChI is InChI=1S/C18H36O2.C4H4S/c1-2-3-4-5-6-7-8-9-10-11-12-13-14-15-16-17-18(19)20;1-2-4-5-3-1/h2-17H2,1H3,(H,19,20);1-4H. The van der Waals surface area contributed by atoms with E-state index in [0.717, 1.165) is 12.8 Å². The molecule has 1 aromatic rings. The lowest BCUT2D eigenvalue weighted by Gasteiger charge is -2.03. The fourth-order valence-corrected chi connectivity index (χ4v) is 3.33. The summed E-state index contributed by atoms with van der Waals surface area (Å²) in [6.07, 6.45) is 20.2. The largest absolute Gasteiger partial charge is 0.481 e. The van der Waals surface area contributed by atoms with Crippen molar-refractivity contribution in [2.24, 2.45) is 0 Å². The van der Waals surface area contributed by atoms with Crippen molar-refractivity contribution in [2.75, 3.05) is 0 Å². The summed E-state index contributed by atoms with van der Waals surface area (Å²) in [5.74, 6) is -0.653. The van der Waals surface area contributed by atoms with Gasteiger partial charge in [-0.3, -0.25) is 4.79 Å². The Morgan fingerprint density at radius 1 is 0.680 bits per heavy atom. The highest BCUT2D eigenvalue weighted by atomic mass is 32.1. The van der Waals surface area contributed by atoms with Gasteiger partial charge in [0, 0.05) is 6.42 Å². The second-order valence-corrected chi connectivity index (χ2v) is 7.70. The molecular weight excluding hydrogens is 328 g/mol. The zero-order chi connectivity index (χ0) is 18.4. The lowest BCUT2D eigenvalue weighted by Crippen LogP contribution is -1.93. The Morgan fingerprint density at radius 2 is 1.04 bits per heavy atom. The number of carboxylic acid groups (broad SMARTS) is 1. The maximum Gasteiger partial charge on any atom is 0.303 e. The number of rotatable bonds is 16. The van der Waals surface area contributed by atoms with Gasteiger partial charge in [0.1, 0.15) is 0 Å². The van der Waals surface area contributed by atoms with Gasteiger partial charge in [0.15, 0.2) is 0 Å². The Bertz CT molecular complexity index is 332. The smallest absolute Gasteiger partial charge is 0.303 e. The Kier molecular flexibility index (Phi) is 20.5. The minimum atomic E-state index is -0.653. The Balaban J connectivity index is 0.000000972. The first-order valence-electron chi connectivity index (χ1n) is 10.5. The fraction of sp³-hybridized carbons (Fsp3) is 0.773. The van der Waals surface area contributed by atoms with Crippen LogP contribution in [0, 0.1) is 0 Å². The van der Waals surface area contributed by atoms with Gasteiger partial charge < -0.3 is 5.11 Å². The molecule has 0 saturated carbocycles. The van der Waals surface area contributed by atoms with Gasteiger partial charge in [-0.2, -0.15) is 11.3 Å². The number of carbonyl (C=O) groups is 1. The van der Waals surface area contributed by atoms with Gasteiger partial charge >= 0.3 is 5.97 Å². The first-order chi connectivity index (χ1) is 12.3. The number of unbranched alkanes of at least 4 members (excludes halogenated alkanes) is 14. The van der Waals surface area contributed by atoms with Crippen molar-refractivity contribution in [2.45, 2.75) is 110 Å². The molecule has 1 aromatic heterocycles. The molecule has 0 radical (unpaired) electrons. The molecule has 0 spiro atoms. The first kappa shape index (κ1) is 24.2. The average molecular weight is 369 g/mol. The number of aliphatic carboxylic acids is 1. The van der Waals surface area contributed by atoms with Gasteiger partial charge in [-0.1, -0.05) is 109 Å². The molecule has 1 rings (SSSR count). The number of thiophene rings is 1. The summed E-state index contributed by atoms with van der Waals surface area (Å²) in [6, 6.07) is 4.04. The summed E-state index contributed by atoms with van der Waals surface area (Å²) < 4.78 is 0. The van der Waals surface area contributed by atoms with Crippen molar-refractivity contribution in [1.82, 2.24) is 0 Å². The summed E-state index contributed by atoms with van der Waals surface area (Å²) in [4.78, 5) is 10.3. The van der Waals surface area contributed by atoms with E-state index in [1.54, 1.807) is 11.3 Å². The molecule has 146 valence electrons. The summed E-state index contributed by atoms with van der Waals surface area (Å²) in [6.45, 7) is 2.27. The lowest BCUT2D eigenvalue weighted by molar-refractivity contribution is -0.137. The highest BCUT2D eigenvalue weighted by molar-refractivity contribution is 7.07. The van der Waals surface area contributed by atoms with Crippen LogP contribution in [-0.4, -0.2) is 11.1 Å². The number of hydrogen-bond acceptors (Lipinski definition) is 2. The molecule has 0 bridgehead atoms. The van der Waals surface area contributed by atoms with E-state index < -0.39 is 5.97 Å². The maximum absolute atomic E-state index is 10.3. The number of carboxylic acids is 1. The zero-order valence-electron chi connectivity index (χ0n) is 16.4. The molecule has 3 heteroatoms. The van der Waals surface area contributed by atoms with Crippen LogP contribution in [0.4, 0.5) is 0 Å². The maximum atomic E-state index is 10.3. The van der Waals surface area contributed by atoms with Crippen LogP contribution in [-0.2, 0) is 4.79 Å². The third-order valence-corrected chi connectivity index (χ3v) is 5.05. The number of hydrogen-bond donors (Lipinski definition) is 1. The Hall–Kier alpha value is -0.830. The topological polar surface area (TPSA) is 37.3 Å². The van der Waals surface area contributed by atoms with E-state index in [9.17, 15) is 4.79 Å². The summed E-state index contributed by atoms with van der Waals surface area (Å²) in [5, 5.41) is 12.6. The van der Waals surface area contributed by atoms with E-state index in [4.69, 9.17) is 5.11 Å². The predicted molar refractivity (Wildman–Crippen MR) is 112 cm³/mol. The highest BCUT2D eigenvalue weighted by Gasteiger charge is 1.97. The normalized spacial score (nSPS) is 10.3. The minimum absolute atomic E-state index is 0.345. The monoisotopic (exact) mass is 368 g/mol. The molecule has 0 amide bonds. The van der Waals surface area contributed by atoms with Crippen LogP contribution in [0.15, 0.2) is 22.9 Å². The molecule has 0 aliphatic heterocycles. The zero-order valence-corrected chi connectivity index (χ0v) is 17.2. The molecule has 2 nitrogen and oxygen atoms in total. The van der Waals surface area contributed by atoms with Crippen LogP contribution in [0.2, 0.25) is 0 Å². The molecule has 0 atom stereocenters. The van der Waals surface area contributed by atoms with Crippen molar-refractivity contribution < 1.29 is 9.90 Å². The SMILES string of the molecule is CCCCCCCCCCCCCCCCCC(=O)O.c1ccsc1. The Morgan fingerprint density at radius 3 is 1.32 bits per heavy atom. The molecule has 0 unspecified atom stereocenters. The van der Waals surface area contributed by atoms with Gasteiger partial charge in [0.25, 0.3) is 0 Å². The lowest BCUT2D eigenvalue weighted by atomic mass is 10.0. The molecular formula is C22H40O2S. The first-order valence-corrected chi connectivity index (χ1v) is 11.4. The van der Waals surface area contributed by atoms with Crippen LogP contribution >= 0.6 is 11.3 Å².